The minimum absolute atomic E-state index is 0.0470. The molecule has 5 rings (SSSR count). The van der Waals surface area contributed by atoms with Crippen LogP contribution in [0.3, 0.4) is 0 Å². The fourth-order valence-electron chi connectivity index (χ4n) is 6.22. The molecule has 3 aromatic carbocycles. The molecule has 2 saturated heterocycles. The SMILES string of the molecule is COCOc1c(Br)cccc1P(c1c(OC)cc(C(C)C2(C)OCCO2)cc1OC)c1c(OC)cc(C(C)C2(C)OCCO2)cc1OC. The van der Waals surface area contributed by atoms with Gasteiger partial charge in [0.15, 0.2) is 18.4 Å². The summed E-state index contributed by atoms with van der Waals surface area (Å²) in [6.45, 7) is 10.3. The van der Waals surface area contributed by atoms with Crippen molar-refractivity contribution in [3.05, 3.63) is 58.1 Å². The number of halogens is 1. The van der Waals surface area contributed by atoms with Crippen molar-refractivity contribution in [2.45, 2.75) is 51.1 Å². The largest absolute Gasteiger partial charge is 0.496 e. The van der Waals surface area contributed by atoms with Crippen LogP contribution in [0.25, 0.3) is 0 Å². The first kappa shape index (κ1) is 36.6. The van der Waals surface area contributed by atoms with Gasteiger partial charge in [-0.25, -0.2) is 0 Å². The molecule has 2 heterocycles. The summed E-state index contributed by atoms with van der Waals surface area (Å²) in [6.07, 6.45) is 0. The molecular weight excluding hydrogens is 703 g/mol. The summed E-state index contributed by atoms with van der Waals surface area (Å²) in [6, 6.07) is 14.1. The van der Waals surface area contributed by atoms with E-state index in [1.807, 2.05) is 56.3 Å². The Bertz CT molecular complexity index is 1430. The number of ether oxygens (including phenoxy) is 10. The minimum Gasteiger partial charge on any atom is -0.496 e. The number of rotatable bonds is 14. The first-order valence-corrected chi connectivity index (χ1v) is 18.0. The molecule has 48 heavy (non-hydrogen) atoms. The van der Waals surface area contributed by atoms with E-state index in [0.29, 0.717) is 55.2 Å². The highest BCUT2D eigenvalue weighted by molar-refractivity contribution is 9.10. The first-order valence-electron chi connectivity index (χ1n) is 15.8. The first-order chi connectivity index (χ1) is 23.0. The van der Waals surface area contributed by atoms with Gasteiger partial charge < -0.3 is 47.4 Å². The van der Waals surface area contributed by atoms with Crippen molar-refractivity contribution in [1.82, 2.24) is 0 Å². The third-order valence-electron chi connectivity index (χ3n) is 9.25. The van der Waals surface area contributed by atoms with E-state index in [9.17, 15) is 0 Å². The summed E-state index contributed by atoms with van der Waals surface area (Å²) in [5.41, 5.74) is 1.90. The van der Waals surface area contributed by atoms with Gasteiger partial charge in [0.1, 0.15) is 28.7 Å². The van der Waals surface area contributed by atoms with E-state index in [0.717, 1.165) is 31.5 Å². The topological polar surface area (TPSA) is 92.3 Å². The highest BCUT2D eigenvalue weighted by atomic mass is 79.9. The second kappa shape index (κ2) is 15.5. The molecule has 0 saturated carbocycles. The average Bonchev–Trinajstić information content (AvgIpc) is 3.76. The molecule has 0 aliphatic carbocycles. The van der Waals surface area contributed by atoms with E-state index in [1.54, 1.807) is 35.5 Å². The van der Waals surface area contributed by atoms with Crippen LogP contribution >= 0.6 is 23.9 Å². The molecule has 2 fully saturated rings. The zero-order valence-corrected chi connectivity index (χ0v) is 31.6. The van der Waals surface area contributed by atoms with Crippen LogP contribution in [0.1, 0.15) is 50.7 Å². The Balaban J connectivity index is 1.80. The molecule has 0 spiro atoms. The number of para-hydroxylation sites is 1. The van der Waals surface area contributed by atoms with Gasteiger partial charge in [-0.2, -0.15) is 0 Å². The van der Waals surface area contributed by atoms with Crippen molar-refractivity contribution >= 4 is 39.8 Å². The van der Waals surface area contributed by atoms with Gasteiger partial charge in [0.05, 0.1) is 69.9 Å². The molecule has 2 aliphatic heterocycles. The molecule has 10 nitrogen and oxygen atoms in total. The third kappa shape index (κ3) is 7.01. The molecule has 2 atom stereocenters. The zero-order chi connectivity index (χ0) is 34.6. The summed E-state index contributed by atoms with van der Waals surface area (Å²) in [4.78, 5) is 0. The van der Waals surface area contributed by atoms with Gasteiger partial charge in [0.25, 0.3) is 0 Å². The smallest absolute Gasteiger partial charge is 0.188 e. The maximum Gasteiger partial charge on any atom is 0.188 e. The van der Waals surface area contributed by atoms with Gasteiger partial charge >= 0.3 is 0 Å². The molecule has 2 unspecified atom stereocenters. The van der Waals surface area contributed by atoms with E-state index in [2.05, 4.69) is 29.8 Å². The second-order valence-electron chi connectivity index (χ2n) is 11.9. The Morgan fingerprint density at radius 3 is 1.44 bits per heavy atom. The second-order valence-corrected chi connectivity index (χ2v) is 14.8. The van der Waals surface area contributed by atoms with Crippen LogP contribution in [0.15, 0.2) is 46.9 Å². The van der Waals surface area contributed by atoms with Crippen molar-refractivity contribution in [1.29, 1.82) is 0 Å². The van der Waals surface area contributed by atoms with Gasteiger partial charge in [0, 0.05) is 32.2 Å². The number of benzene rings is 3. The van der Waals surface area contributed by atoms with Gasteiger partial charge in [-0.3, -0.25) is 0 Å². The van der Waals surface area contributed by atoms with E-state index < -0.39 is 19.5 Å². The van der Waals surface area contributed by atoms with Gasteiger partial charge in [0.2, 0.25) is 0 Å². The Hall–Kier alpha value is -2.63. The molecule has 0 radical (unpaired) electrons. The summed E-state index contributed by atoms with van der Waals surface area (Å²) in [5.74, 6) is 1.32. The number of methoxy groups -OCH3 is 5. The lowest BCUT2D eigenvalue weighted by Gasteiger charge is -2.33. The molecule has 262 valence electrons. The predicted molar refractivity (Wildman–Crippen MR) is 189 cm³/mol. The van der Waals surface area contributed by atoms with E-state index in [-0.39, 0.29) is 18.6 Å². The molecule has 0 amide bonds. The van der Waals surface area contributed by atoms with Crippen LogP contribution < -0.4 is 39.6 Å². The van der Waals surface area contributed by atoms with E-state index in [4.69, 9.17) is 47.4 Å². The minimum atomic E-state index is -1.55. The highest BCUT2D eigenvalue weighted by Gasteiger charge is 2.42. The van der Waals surface area contributed by atoms with Crippen molar-refractivity contribution < 1.29 is 47.4 Å². The molecule has 0 bridgehead atoms. The van der Waals surface area contributed by atoms with Gasteiger partial charge in [-0.05, 0) is 71.2 Å². The molecule has 3 aromatic rings. The van der Waals surface area contributed by atoms with Crippen molar-refractivity contribution in [2.24, 2.45) is 0 Å². The molecular formula is C36H46BrO10P. The molecule has 12 heteroatoms. The Labute approximate surface area is 293 Å². The van der Waals surface area contributed by atoms with E-state index >= 15 is 0 Å². The van der Waals surface area contributed by atoms with E-state index in [1.165, 1.54) is 0 Å². The lowest BCUT2D eigenvalue weighted by Crippen LogP contribution is -2.33. The molecule has 0 aromatic heterocycles. The maximum absolute atomic E-state index is 6.24. The average molecular weight is 750 g/mol. The zero-order valence-electron chi connectivity index (χ0n) is 29.1. The lowest BCUT2D eigenvalue weighted by molar-refractivity contribution is -0.157. The molecule has 2 aliphatic rings. The van der Waals surface area contributed by atoms with Crippen LogP contribution in [0.4, 0.5) is 0 Å². The maximum atomic E-state index is 6.24. The highest BCUT2D eigenvalue weighted by Crippen LogP contribution is 2.51. The Morgan fingerprint density at radius 1 is 0.688 bits per heavy atom. The number of hydrogen-bond acceptors (Lipinski definition) is 10. The van der Waals surface area contributed by atoms with Gasteiger partial charge in [-0.1, -0.05) is 26.0 Å². The molecule has 0 N–H and O–H groups in total. The van der Waals surface area contributed by atoms with Crippen LogP contribution in [0.2, 0.25) is 0 Å². The summed E-state index contributed by atoms with van der Waals surface area (Å²) < 4.78 is 61.3. The fourth-order valence-corrected chi connectivity index (χ4v) is 9.69. The van der Waals surface area contributed by atoms with Crippen LogP contribution in [-0.2, 0) is 23.7 Å². The van der Waals surface area contributed by atoms with Crippen molar-refractivity contribution in [3.63, 3.8) is 0 Å². The lowest BCUT2D eigenvalue weighted by atomic mass is 9.92. The number of hydrogen-bond donors (Lipinski definition) is 0. The third-order valence-corrected chi connectivity index (χ3v) is 12.5. The Morgan fingerprint density at radius 2 is 1.08 bits per heavy atom. The quantitative estimate of drug-likeness (QED) is 0.145. The summed E-state index contributed by atoms with van der Waals surface area (Å²) >= 11 is 3.73. The summed E-state index contributed by atoms with van der Waals surface area (Å²) in [5, 5.41) is 2.50. The standard InChI is InChI=1S/C36H46BrO10P/c1-22(35(3)44-13-14-45-35)24-17-27(39-6)33(28(18-24)40-7)48(31-12-10-11-26(37)32(31)43-21-38-5)34-29(41-8)19-25(20-30(34)42-9)23(2)36(4)46-15-16-47-36/h10-12,17-20,22-23H,13-16,21H2,1-9H3. The summed E-state index contributed by atoms with van der Waals surface area (Å²) in [7, 11) is 6.69. The monoisotopic (exact) mass is 748 g/mol. The predicted octanol–water partition coefficient (Wildman–Crippen LogP) is 5.96. The Kier molecular flexibility index (Phi) is 11.8. The van der Waals surface area contributed by atoms with Crippen LogP contribution in [0.5, 0.6) is 28.7 Å². The van der Waals surface area contributed by atoms with Crippen molar-refractivity contribution in [2.75, 3.05) is 68.8 Å². The van der Waals surface area contributed by atoms with Crippen LogP contribution in [-0.4, -0.2) is 80.3 Å². The van der Waals surface area contributed by atoms with Crippen molar-refractivity contribution in [3.8, 4) is 28.7 Å². The normalized spacial score (nSPS) is 18.6. The van der Waals surface area contributed by atoms with Gasteiger partial charge in [-0.15, -0.1) is 0 Å². The fraction of sp³-hybridized carbons (Fsp3) is 0.500. The van der Waals surface area contributed by atoms with Crippen LogP contribution in [0, 0.1) is 0 Å².